The summed E-state index contributed by atoms with van der Waals surface area (Å²) in [6.45, 7) is 2.74. The summed E-state index contributed by atoms with van der Waals surface area (Å²) in [5.74, 6) is -1.72. The Hall–Kier alpha value is -3.28. The summed E-state index contributed by atoms with van der Waals surface area (Å²) in [5, 5.41) is 21.9. The molecule has 0 unspecified atom stereocenters. The van der Waals surface area contributed by atoms with E-state index < -0.39 is 40.5 Å². The molecule has 0 saturated carbocycles. The van der Waals surface area contributed by atoms with Crippen molar-refractivity contribution >= 4 is 27.7 Å². The topological polar surface area (TPSA) is 174 Å². The minimum atomic E-state index is -3.91. The van der Waals surface area contributed by atoms with Gasteiger partial charge in [0.2, 0.25) is 21.8 Å². The lowest BCUT2D eigenvalue weighted by molar-refractivity contribution is -0.130. The van der Waals surface area contributed by atoms with Crippen LogP contribution in [-0.2, 0) is 31.9 Å². The van der Waals surface area contributed by atoms with Crippen molar-refractivity contribution in [3.63, 3.8) is 0 Å². The number of nitrogen functional groups attached to an aromatic ring is 1. The van der Waals surface area contributed by atoms with Crippen molar-refractivity contribution in [2.75, 3.05) is 6.61 Å². The van der Waals surface area contributed by atoms with Crippen LogP contribution in [0.2, 0.25) is 0 Å². The monoisotopic (exact) mass is 475 g/mol. The van der Waals surface area contributed by atoms with E-state index in [0.29, 0.717) is 11.1 Å². The van der Waals surface area contributed by atoms with Gasteiger partial charge >= 0.3 is 0 Å². The number of rotatable bonds is 11. The number of amides is 2. The Balaban J connectivity index is 1.89. The van der Waals surface area contributed by atoms with Gasteiger partial charge in [-0.05, 0) is 25.0 Å². The molecule has 0 aliphatic carbocycles. The van der Waals surface area contributed by atoms with Crippen molar-refractivity contribution in [1.29, 1.82) is 5.41 Å². The Morgan fingerprint density at radius 1 is 1.03 bits per heavy atom. The zero-order valence-corrected chi connectivity index (χ0v) is 19.3. The number of hydrogen-bond acceptors (Lipinski definition) is 6. The molecule has 2 aromatic carbocycles. The van der Waals surface area contributed by atoms with E-state index in [1.807, 2.05) is 6.92 Å². The Labute approximate surface area is 193 Å². The second kappa shape index (κ2) is 11.5. The first-order valence-electron chi connectivity index (χ1n) is 10.2. The number of nitrogens with one attached hydrogen (secondary N) is 4. The van der Waals surface area contributed by atoms with Crippen LogP contribution in [0.4, 0.5) is 0 Å². The van der Waals surface area contributed by atoms with E-state index in [1.54, 1.807) is 48.5 Å². The molecular weight excluding hydrogens is 446 g/mol. The van der Waals surface area contributed by atoms with Crippen LogP contribution in [0.15, 0.2) is 48.5 Å². The molecule has 0 aromatic heterocycles. The van der Waals surface area contributed by atoms with Gasteiger partial charge in [0.05, 0.1) is 12.4 Å². The van der Waals surface area contributed by atoms with Crippen molar-refractivity contribution in [2.24, 2.45) is 5.73 Å². The molecule has 2 amide bonds. The number of carbonyl (C=O) groups is 2. The normalized spacial score (nSPS) is 13.1. The Kier molecular flexibility index (Phi) is 9.09. The molecule has 0 spiro atoms. The summed E-state index contributed by atoms with van der Waals surface area (Å²) >= 11 is 0. The highest BCUT2D eigenvalue weighted by Gasteiger charge is 2.26. The van der Waals surface area contributed by atoms with Crippen LogP contribution in [-0.4, -0.2) is 49.9 Å². The number of aliphatic hydroxyl groups excluding tert-OH is 1. The first-order chi connectivity index (χ1) is 15.5. The number of aliphatic hydroxyl groups is 1. The van der Waals surface area contributed by atoms with Gasteiger partial charge in [-0.1, -0.05) is 54.1 Å². The highest BCUT2D eigenvalue weighted by Crippen LogP contribution is 2.08. The van der Waals surface area contributed by atoms with E-state index in [2.05, 4.69) is 15.4 Å². The lowest BCUT2D eigenvalue weighted by Gasteiger charge is -2.20. The van der Waals surface area contributed by atoms with Crippen LogP contribution in [0, 0.1) is 12.3 Å². The van der Waals surface area contributed by atoms with Gasteiger partial charge in [0, 0.05) is 12.1 Å². The summed E-state index contributed by atoms with van der Waals surface area (Å²) < 4.78 is 27.0. The van der Waals surface area contributed by atoms with Gasteiger partial charge in [-0.2, -0.15) is 0 Å². The van der Waals surface area contributed by atoms with E-state index in [9.17, 15) is 23.1 Å². The maximum Gasteiger partial charge on any atom is 0.242 e. The second-order valence-electron chi connectivity index (χ2n) is 7.66. The molecule has 0 aliphatic rings. The highest BCUT2D eigenvalue weighted by atomic mass is 32.2. The Morgan fingerprint density at radius 2 is 1.61 bits per heavy atom. The van der Waals surface area contributed by atoms with Crippen molar-refractivity contribution in [1.82, 2.24) is 15.4 Å². The third kappa shape index (κ3) is 8.29. The average molecular weight is 476 g/mol. The third-order valence-electron chi connectivity index (χ3n) is 4.78. The Bertz CT molecular complexity index is 1090. The quantitative estimate of drug-likeness (QED) is 0.195. The fourth-order valence-corrected chi connectivity index (χ4v) is 4.19. The molecule has 0 radical (unpaired) electrons. The van der Waals surface area contributed by atoms with Gasteiger partial charge in [0.1, 0.15) is 17.9 Å². The summed E-state index contributed by atoms with van der Waals surface area (Å²) in [6, 6.07) is 11.2. The van der Waals surface area contributed by atoms with Crippen molar-refractivity contribution < 1.29 is 23.1 Å². The largest absolute Gasteiger partial charge is 0.394 e. The molecule has 2 rings (SSSR count). The zero-order chi connectivity index (χ0) is 24.6. The van der Waals surface area contributed by atoms with Crippen molar-refractivity contribution in [3.05, 3.63) is 70.8 Å². The maximum atomic E-state index is 12.4. The first-order valence-corrected chi connectivity index (χ1v) is 11.8. The number of benzene rings is 2. The SMILES string of the molecule is Cc1ccc(CS(=O)(=O)N[C@H](CO)C(=O)N[C@@H](C)C(=O)NCc2ccc(C(=N)N)cc2)cc1. The zero-order valence-electron chi connectivity index (χ0n) is 18.5. The average Bonchev–Trinajstić information content (AvgIpc) is 2.77. The minimum Gasteiger partial charge on any atom is -0.394 e. The van der Waals surface area contributed by atoms with Crippen LogP contribution in [0.3, 0.4) is 0 Å². The molecule has 10 nitrogen and oxygen atoms in total. The van der Waals surface area contributed by atoms with Gasteiger partial charge < -0.3 is 21.5 Å². The van der Waals surface area contributed by atoms with Crippen LogP contribution in [0.25, 0.3) is 0 Å². The molecule has 7 N–H and O–H groups in total. The van der Waals surface area contributed by atoms with Crippen LogP contribution < -0.4 is 21.1 Å². The number of hydrogen-bond donors (Lipinski definition) is 6. The van der Waals surface area contributed by atoms with E-state index in [1.165, 1.54) is 6.92 Å². The molecule has 0 saturated heterocycles. The van der Waals surface area contributed by atoms with E-state index in [-0.39, 0.29) is 18.1 Å². The predicted octanol–water partition coefficient (Wildman–Crippen LogP) is -0.120. The summed E-state index contributed by atoms with van der Waals surface area (Å²) in [6.07, 6.45) is 0. The molecule has 0 fully saturated rings. The van der Waals surface area contributed by atoms with Gasteiger partial charge in [0.15, 0.2) is 0 Å². The molecule has 11 heteroatoms. The maximum absolute atomic E-state index is 12.4. The fourth-order valence-electron chi connectivity index (χ4n) is 2.86. The first kappa shape index (κ1) is 26.0. The lowest BCUT2D eigenvalue weighted by atomic mass is 10.1. The molecule has 0 bridgehead atoms. The molecule has 178 valence electrons. The minimum absolute atomic E-state index is 0.0603. The molecular formula is C22H29N5O5S. The van der Waals surface area contributed by atoms with Gasteiger partial charge in [-0.25, -0.2) is 13.1 Å². The number of amidine groups is 1. The van der Waals surface area contributed by atoms with Gasteiger partial charge in [0.25, 0.3) is 0 Å². The third-order valence-corrected chi connectivity index (χ3v) is 6.14. The van der Waals surface area contributed by atoms with E-state index in [0.717, 1.165) is 11.1 Å². The number of aryl methyl sites for hydroxylation is 1. The summed E-state index contributed by atoms with van der Waals surface area (Å²) in [4.78, 5) is 24.7. The molecule has 0 heterocycles. The molecule has 0 aliphatic heterocycles. The van der Waals surface area contributed by atoms with Crippen LogP contribution in [0.1, 0.15) is 29.2 Å². The highest BCUT2D eigenvalue weighted by molar-refractivity contribution is 7.88. The molecule has 2 aromatic rings. The second-order valence-corrected chi connectivity index (χ2v) is 9.41. The van der Waals surface area contributed by atoms with Gasteiger partial charge in [-0.3, -0.25) is 15.0 Å². The van der Waals surface area contributed by atoms with Crippen molar-refractivity contribution in [2.45, 2.75) is 38.2 Å². The standard InChI is InChI=1S/C22H29N5O5S/c1-14-3-5-17(6-4-14)13-33(31,32)27-19(12-28)22(30)26-15(2)21(29)25-11-16-7-9-18(10-8-16)20(23)24/h3-10,15,19,27-28H,11-13H2,1-2H3,(H3,23,24)(H,25,29)(H,26,30)/t15-,19+/m0/s1. The predicted molar refractivity (Wildman–Crippen MR) is 125 cm³/mol. The van der Waals surface area contributed by atoms with E-state index in [4.69, 9.17) is 11.1 Å². The lowest BCUT2D eigenvalue weighted by Crippen LogP contribution is -2.54. The fraction of sp³-hybridized carbons (Fsp3) is 0.318. The van der Waals surface area contributed by atoms with Gasteiger partial charge in [-0.15, -0.1) is 0 Å². The molecule has 2 atom stereocenters. The number of sulfonamides is 1. The molecule has 33 heavy (non-hydrogen) atoms. The van der Waals surface area contributed by atoms with Crippen LogP contribution >= 0.6 is 0 Å². The summed E-state index contributed by atoms with van der Waals surface area (Å²) in [7, 11) is -3.91. The Morgan fingerprint density at radius 3 is 2.15 bits per heavy atom. The van der Waals surface area contributed by atoms with Crippen molar-refractivity contribution in [3.8, 4) is 0 Å². The van der Waals surface area contributed by atoms with Crippen LogP contribution in [0.5, 0.6) is 0 Å². The smallest absolute Gasteiger partial charge is 0.242 e. The number of nitrogens with two attached hydrogens (primary N) is 1. The number of carbonyl (C=O) groups excluding carboxylic acids is 2. The van der Waals surface area contributed by atoms with E-state index >= 15 is 0 Å². The summed E-state index contributed by atoms with van der Waals surface area (Å²) in [5.41, 5.74) is 8.25.